The first-order valence-corrected chi connectivity index (χ1v) is 9.15. The lowest BCUT2D eigenvalue weighted by Gasteiger charge is -2.22. The van der Waals surface area contributed by atoms with E-state index in [1.807, 2.05) is 24.3 Å². The van der Waals surface area contributed by atoms with Gasteiger partial charge in [-0.3, -0.25) is 9.59 Å². The zero-order valence-electron chi connectivity index (χ0n) is 15.9. The largest absolute Gasteiger partial charge is 0.497 e. The molecule has 0 aliphatic carbocycles. The van der Waals surface area contributed by atoms with E-state index in [-0.39, 0.29) is 30.3 Å². The second-order valence-electron chi connectivity index (χ2n) is 6.78. The highest BCUT2D eigenvalue weighted by atomic mass is 19.4. The SMILES string of the molecule is COc1cccc(CN2CCN(C(=O)c3ccc(C(F)(F)F)cc3)CCC2=O)c1. The summed E-state index contributed by atoms with van der Waals surface area (Å²) in [6, 6.07) is 11.5. The smallest absolute Gasteiger partial charge is 0.416 e. The summed E-state index contributed by atoms with van der Waals surface area (Å²) in [5.74, 6) is 0.245. The third-order valence-corrected chi connectivity index (χ3v) is 4.84. The molecular formula is C21H21F3N2O3. The van der Waals surface area contributed by atoms with E-state index >= 15 is 0 Å². The lowest BCUT2D eigenvalue weighted by molar-refractivity contribution is -0.137. The van der Waals surface area contributed by atoms with E-state index in [0.29, 0.717) is 25.4 Å². The standard InChI is InChI=1S/C21H21F3N2O3/c1-29-18-4-2-3-15(13-18)14-26-12-11-25(10-9-19(26)27)20(28)16-5-7-17(8-6-16)21(22,23)24/h2-8,13H,9-12,14H2,1H3. The van der Waals surface area contributed by atoms with E-state index in [2.05, 4.69) is 0 Å². The third-order valence-electron chi connectivity index (χ3n) is 4.84. The first-order chi connectivity index (χ1) is 13.8. The van der Waals surface area contributed by atoms with Crippen molar-refractivity contribution in [1.82, 2.24) is 9.80 Å². The molecule has 29 heavy (non-hydrogen) atoms. The minimum Gasteiger partial charge on any atom is -0.497 e. The third kappa shape index (κ3) is 5.07. The van der Waals surface area contributed by atoms with E-state index in [4.69, 9.17) is 4.74 Å². The predicted molar refractivity (Wildman–Crippen MR) is 100 cm³/mol. The van der Waals surface area contributed by atoms with Gasteiger partial charge in [-0.2, -0.15) is 13.2 Å². The lowest BCUT2D eigenvalue weighted by Crippen LogP contribution is -2.35. The quantitative estimate of drug-likeness (QED) is 0.780. The molecule has 0 spiro atoms. The second-order valence-corrected chi connectivity index (χ2v) is 6.78. The Morgan fingerprint density at radius 2 is 1.79 bits per heavy atom. The highest BCUT2D eigenvalue weighted by Gasteiger charge is 2.31. The van der Waals surface area contributed by atoms with Gasteiger partial charge in [0.15, 0.2) is 0 Å². The average Bonchev–Trinajstić information content (AvgIpc) is 2.89. The van der Waals surface area contributed by atoms with Gasteiger partial charge in [0, 0.05) is 38.2 Å². The minimum absolute atomic E-state index is 0.0736. The number of carbonyl (C=O) groups excluding carboxylic acids is 2. The topological polar surface area (TPSA) is 49.9 Å². The van der Waals surface area contributed by atoms with E-state index in [0.717, 1.165) is 17.7 Å². The van der Waals surface area contributed by atoms with Gasteiger partial charge in [-0.15, -0.1) is 0 Å². The number of hydrogen-bond acceptors (Lipinski definition) is 3. The molecule has 2 aromatic carbocycles. The number of amides is 2. The van der Waals surface area contributed by atoms with Crippen LogP contribution in [0.2, 0.25) is 0 Å². The number of nitrogens with zero attached hydrogens (tertiary/aromatic N) is 2. The molecule has 1 saturated heterocycles. The van der Waals surface area contributed by atoms with E-state index in [9.17, 15) is 22.8 Å². The Hall–Kier alpha value is -3.03. The second kappa shape index (κ2) is 8.55. The van der Waals surface area contributed by atoms with Gasteiger partial charge in [-0.05, 0) is 42.0 Å². The van der Waals surface area contributed by atoms with Gasteiger partial charge in [0.05, 0.1) is 12.7 Å². The Bertz CT molecular complexity index is 881. The molecule has 1 aliphatic rings. The summed E-state index contributed by atoms with van der Waals surface area (Å²) in [4.78, 5) is 28.3. The van der Waals surface area contributed by atoms with Gasteiger partial charge in [0.2, 0.25) is 5.91 Å². The van der Waals surface area contributed by atoms with E-state index < -0.39 is 11.7 Å². The summed E-state index contributed by atoms with van der Waals surface area (Å²) in [6.45, 7) is 1.30. The number of ether oxygens (including phenoxy) is 1. The number of carbonyl (C=O) groups is 2. The van der Waals surface area contributed by atoms with Crippen molar-refractivity contribution < 1.29 is 27.5 Å². The molecule has 0 unspecified atom stereocenters. The molecule has 5 nitrogen and oxygen atoms in total. The number of benzene rings is 2. The Morgan fingerprint density at radius 3 is 2.45 bits per heavy atom. The Balaban J connectivity index is 1.66. The first kappa shape index (κ1) is 20.7. The molecule has 2 amide bonds. The lowest BCUT2D eigenvalue weighted by atomic mass is 10.1. The van der Waals surface area contributed by atoms with Gasteiger partial charge in [0.1, 0.15) is 5.75 Å². The molecule has 0 bridgehead atoms. The van der Waals surface area contributed by atoms with Gasteiger partial charge in [-0.1, -0.05) is 12.1 Å². The van der Waals surface area contributed by atoms with Crippen LogP contribution in [-0.2, 0) is 17.5 Å². The highest BCUT2D eigenvalue weighted by molar-refractivity contribution is 5.94. The van der Waals surface area contributed by atoms with Crippen LogP contribution >= 0.6 is 0 Å². The zero-order chi connectivity index (χ0) is 21.0. The fraction of sp³-hybridized carbons (Fsp3) is 0.333. The van der Waals surface area contributed by atoms with Crippen molar-refractivity contribution >= 4 is 11.8 Å². The van der Waals surface area contributed by atoms with Gasteiger partial charge >= 0.3 is 6.18 Å². The molecule has 0 aromatic heterocycles. The van der Waals surface area contributed by atoms with Crippen LogP contribution in [0.5, 0.6) is 5.75 Å². The summed E-state index contributed by atoms with van der Waals surface area (Å²) in [7, 11) is 1.57. The van der Waals surface area contributed by atoms with Crippen LogP contribution in [0.15, 0.2) is 48.5 Å². The Kier molecular flexibility index (Phi) is 6.10. The molecular weight excluding hydrogens is 385 g/mol. The van der Waals surface area contributed by atoms with Crippen LogP contribution in [-0.4, -0.2) is 48.4 Å². The van der Waals surface area contributed by atoms with Gasteiger partial charge < -0.3 is 14.5 Å². The molecule has 2 aromatic rings. The minimum atomic E-state index is -4.45. The fourth-order valence-corrected chi connectivity index (χ4v) is 3.21. The summed E-state index contributed by atoms with van der Waals surface area (Å²) in [5, 5.41) is 0. The molecule has 1 heterocycles. The maximum Gasteiger partial charge on any atom is 0.416 e. The normalized spacial score (nSPS) is 15.2. The molecule has 154 valence electrons. The summed E-state index contributed by atoms with van der Waals surface area (Å²) < 4.78 is 43.3. The Labute approximate surface area is 166 Å². The van der Waals surface area contributed by atoms with Crippen molar-refractivity contribution in [3.63, 3.8) is 0 Å². The summed E-state index contributed by atoms with van der Waals surface area (Å²) >= 11 is 0. The van der Waals surface area contributed by atoms with Crippen molar-refractivity contribution in [3.05, 3.63) is 65.2 Å². The maximum absolute atomic E-state index is 12.7. The zero-order valence-corrected chi connectivity index (χ0v) is 15.9. The van der Waals surface area contributed by atoms with Crippen LogP contribution in [0.1, 0.15) is 27.9 Å². The molecule has 0 atom stereocenters. The fourth-order valence-electron chi connectivity index (χ4n) is 3.21. The van der Waals surface area contributed by atoms with Crippen LogP contribution in [0.3, 0.4) is 0 Å². The molecule has 1 fully saturated rings. The van der Waals surface area contributed by atoms with Crippen molar-refractivity contribution in [2.75, 3.05) is 26.7 Å². The van der Waals surface area contributed by atoms with Crippen molar-refractivity contribution in [2.45, 2.75) is 19.1 Å². The van der Waals surface area contributed by atoms with Crippen molar-refractivity contribution in [3.8, 4) is 5.75 Å². The highest BCUT2D eigenvalue weighted by Crippen LogP contribution is 2.29. The number of rotatable bonds is 4. The predicted octanol–water partition coefficient (Wildman–Crippen LogP) is 3.59. The Morgan fingerprint density at radius 1 is 1.07 bits per heavy atom. The van der Waals surface area contributed by atoms with E-state index in [1.165, 1.54) is 17.0 Å². The maximum atomic E-state index is 12.7. The number of hydrogen-bond donors (Lipinski definition) is 0. The van der Waals surface area contributed by atoms with Crippen LogP contribution in [0, 0.1) is 0 Å². The van der Waals surface area contributed by atoms with Gasteiger partial charge in [0.25, 0.3) is 5.91 Å². The van der Waals surface area contributed by atoms with Crippen molar-refractivity contribution in [1.29, 1.82) is 0 Å². The first-order valence-electron chi connectivity index (χ1n) is 9.15. The van der Waals surface area contributed by atoms with E-state index in [1.54, 1.807) is 12.0 Å². The molecule has 3 rings (SSSR count). The molecule has 1 aliphatic heterocycles. The van der Waals surface area contributed by atoms with Crippen molar-refractivity contribution in [2.24, 2.45) is 0 Å². The summed E-state index contributed by atoms with van der Waals surface area (Å²) in [5.41, 5.74) is 0.288. The average molecular weight is 406 g/mol. The van der Waals surface area contributed by atoms with Crippen LogP contribution in [0.4, 0.5) is 13.2 Å². The number of halogens is 3. The van der Waals surface area contributed by atoms with Crippen LogP contribution in [0.25, 0.3) is 0 Å². The molecule has 8 heteroatoms. The van der Waals surface area contributed by atoms with Crippen LogP contribution < -0.4 is 4.74 Å². The molecule has 0 radical (unpaired) electrons. The molecule has 0 saturated carbocycles. The number of methoxy groups -OCH3 is 1. The monoisotopic (exact) mass is 406 g/mol. The summed E-state index contributed by atoms with van der Waals surface area (Å²) in [6.07, 6.45) is -4.28. The molecule has 0 N–H and O–H groups in total. The number of alkyl halides is 3. The van der Waals surface area contributed by atoms with Gasteiger partial charge in [-0.25, -0.2) is 0 Å².